The van der Waals surface area contributed by atoms with E-state index in [9.17, 15) is 8.42 Å². The second-order valence-corrected chi connectivity index (χ2v) is 8.18. The largest absolute Gasteiger partial charge is 0.398 e. The lowest BCUT2D eigenvalue weighted by atomic mass is 9.65. The van der Waals surface area contributed by atoms with Crippen LogP contribution >= 0.6 is 11.6 Å². The predicted octanol–water partition coefficient (Wildman–Crippen LogP) is 2.32. The molecule has 2 unspecified atom stereocenters. The van der Waals surface area contributed by atoms with E-state index in [-0.39, 0.29) is 27.5 Å². The number of nitrogens with one attached hydrogen (secondary N) is 1. The highest BCUT2D eigenvalue weighted by atomic mass is 35.5. The van der Waals surface area contributed by atoms with Gasteiger partial charge in [0, 0.05) is 24.3 Å². The Labute approximate surface area is 130 Å². The Bertz CT molecular complexity index is 658. The summed E-state index contributed by atoms with van der Waals surface area (Å²) in [5, 5.41) is 0.176. The van der Waals surface area contributed by atoms with Crippen LogP contribution in [-0.2, 0) is 14.8 Å². The number of nitrogens with two attached hydrogens (primary N) is 1. The summed E-state index contributed by atoms with van der Waals surface area (Å²) in [6.45, 7) is 5.73. The van der Waals surface area contributed by atoms with Gasteiger partial charge >= 0.3 is 0 Å². The van der Waals surface area contributed by atoms with Crippen LogP contribution < -0.4 is 10.5 Å². The molecule has 0 amide bonds. The summed E-state index contributed by atoms with van der Waals surface area (Å²) in [6, 6.07) is 2.78. The maximum absolute atomic E-state index is 12.5. The highest BCUT2D eigenvalue weighted by Crippen LogP contribution is 2.43. The highest BCUT2D eigenvalue weighted by Gasteiger charge is 2.50. The summed E-state index contributed by atoms with van der Waals surface area (Å²) in [5.74, 6) is 0. The molecule has 1 aromatic carbocycles. The molecular formula is C14H21ClN2O3S. The van der Waals surface area contributed by atoms with Crippen LogP contribution in [0.15, 0.2) is 17.0 Å². The Hall–Kier alpha value is -0.820. The first-order chi connectivity index (χ1) is 9.59. The zero-order valence-corrected chi connectivity index (χ0v) is 14.2. The lowest BCUT2D eigenvalue weighted by Crippen LogP contribution is -2.61. The molecule has 118 valence electrons. The summed E-state index contributed by atoms with van der Waals surface area (Å²) in [7, 11) is -2.08. The van der Waals surface area contributed by atoms with Gasteiger partial charge in [0.2, 0.25) is 10.0 Å². The predicted molar refractivity (Wildman–Crippen MR) is 83.9 cm³/mol. The monoisotopic (exact) mass is 332 g/mol. The van der Waals surface area contributed by atoms with E-state index >= 15 is 0 Å². The van der Waals surface area contributed by atoms with Crippen molar-refractivity contribution >= 4 is 27.3 Å². The molecule has 0 spiro atoms. The molecule has 1 fully saturated rings. The van der Waals surface area contributed by atoms with Gasteiger partial charge in [-0.2, -0.15) is 0 Å². The number of nitrogen functional groups attached to an aromatic ring is 1. The van der Waals surface area contributed by atoms with E-state index in [0.717, 1.165) is 5.56 Å². The number of rotatable bonds is 4. The van der Waals surface area contributed by atoms with Crippen molar-refractivity contribution in [1.29, 1.82) is 0 Å². The molecule has 1 aromatic rings. The van der Waals surface area contributed by atoms with Crippen LogP contribution in [0.1, 0.15) is 25.8 Å². The fraction of sp³-hybridized carbons (Fsp3) is 0.571. The third-order valence-electron chi connectivity index (χ3n) is 4.37. The van der Waals surface area contributed by atoms with E-state index < -0.39 is 10.0 Å². The fourth-order valence-electron chi connectivity index (χ4n) is 2.61. The first kappa shape index (κ1) is 16.5. The molecule has 5 nitrogen and oxygen atoms in total. The van der Waals surface area contributed by atoms with Crippen molar-refractivity contribution in [2.75, 3.05) is 12.8 Å². The van der Waals surface area contributed by atoms with Gasteiger partial charge in [0.1, 0.15) is 4.90 Å². The molecule has 1 aliphatic rings. The Kier molecular flexibility index (Phi) is 4.28. The number of hydrogen-bond donors (Lipinski definition) is 2. The minimum Gasteiger partial charge on any atom is -0.398 e. The smallest absolute Gasteiger partial charge is 0.242 e. The Morgan fingerprint density at radius 2 is 2.05 bits per heavy atom. The minimum atomic E-state index is -3.71. The number of halogens is 1. The summed E-state index contributed by atoms with van der Waals surface area (Å²) in [6.07, 6.45) is 0.686. The molecule has 0 aliphatic heterocycles. The van der Waals surface area contributed by atoms with Gasteiger partial charge in [-0.05, 0) is 31.0 Å². The van der Waals surface area contributed by atoms with Crippen molar-refractivity contribution in [3.8, 4) is 0 Å². The quantitative estimate of drug-likeness (QED) is 0.829. The van der Waals surface area contributed by atoms with Crippen molar-refractivity contribution < 1.29 is 13.2 Å². The molecule has 0 aromatic heterocycles. The lowest BCUT2D eigenvalue weighted by Gasteiger charge is -2.50. The minimum absolute atomic E-state index is 0.0175. The standard InChI is InChI=1S/C14H21ClN2O3S/c1-8-5-9(15)11(6-10(8)16)21(18,19)17-12-7-13(20-4)14(12,2)3/h5-6,12-13,17H,7,16H2,1-4H3. The van der Waals surface area contributed by atoms with Crippen molar-refractivity contribution in [3.63, 3.8) is 0 Å². The van der Waals surface area contributed by atoms with Crippen molar-refractivity contribution in [1.82, 2.24) is 4.72 Å². The number of anilines is 1. The van der Waals surface area contributed by atoms with Gasteiger partial charge in [-0.1, -0.05) is 25.4 Å². The summed E-state index contributed by atoms with van der Waals surface area (Å²) in [5.41, 5.74) is 6.69. The van der Waals surface area contributed by atoms with Crippen molar-refractivity contribution in [2.24, 2.45) is 5.41 Å². The number of methoxy groups -OCH3 is 1. The van der Waals surface area contributed by atoms with Crippen molar-refractivity contribution in [2.45, 2.75) is 44.2 Å². The first-order valence-corrected chi connectivity index (χ1v) is 8.56. The Morgan fingerprint density at radius 1 is 1.43 bits per heavy atom. The molecule has 1 aliphatic carbocycles. The average molecular weight is 333 g/mol. The molecule has 1 saturated carbocycles. The zero-order chi connectivity index (χ0) is 16.0. The molecule has 0 heterocycles. The lowest BCUT2D eigenvalue weighted by molar-refractivity contribution is -0.0908. The first-order valence-electron chi connectivity index (χ1n) is 6.70. The van der Waals surface area contributed by atoms with Gasteiger partial charge in [0.15, 0.2) is 0 Å². The molecule has 0 radical (unpaired) electrons. The van der Waals surface area contributed by atoms with E-state index in [1.165, 1.54) is 6.07 Å². The average Bonchev–Trinajstić information content (AvgIpc) is 2.38. The van der Waals surface area contributed by atoms with Crippen molar-refractivity contribution in [3.05, 3.63) is 22.7 Å². The number of benzene rings is 1. The van der Waals surface area contributed by atoms with Gasteiger partial charge in [0.25, 0.3) is 0 Å². The molecule has 2 atom stereocenters. The third kappa shape index (κ3) is 2.90. The van der Waals surface area contributed by atoms with Crippen LogP contribution in [0.3, 0.4) is 0 Å². The summed E-state index contributed by atoms with van der Waals surface area (Å²) in [4.78, 5) is 0.0175. The second kappa shape index (κ2) is 5.43. The summed E-state index contributed by atoms with van der Waals surface area (Å²) >= 11 is 6.06. The number of hydrogen-bond acceptors (Lipinski definition) is 4. The van der Waals surface area contributed by atoms with E-state index in [4.69, 9.17) is 22.1 Å². The van der Waals surface area contributed by atoms with E-state index in [2.05, 4.69) is 4.72 Å². The third-order valence-corrected chi connectivity index (χ3v) is 6.31. The van der Waals surface area contributed by atoms with E-state index in [1.807, 2.05) is 13.8 Å². The number of sulfonamides is 1. The van der Waals surface area contributed by atoms with Gasteiger partial charge < -0.3 is 10.5 Å². The van der Waals surface area contributed by atoms with E-state index in [0.29, 0.717) is 12.1 Å². The molecule has 21 heavy (non-hydrogen) atoms. The van der Waals surface area contributed by atoms with Gasteiger partial charge in [-0.3, -0.25) is 0 Å². The molecule has 3 N–H and O–H groups in total. The molecule has 0 bridgehead atoms. The second-order valence-electron chi connectivity index (χ2n) is 6.09. The molecule has 7 heteroatoms. The van der Waals surface area contributed by atoms with E-state index in [1.54, 1.807) is 20.1 Å². The SMILES string of the molecule is COC1CC(NS(=O)(=O)c2cc(N)c(C)cc2Cl)C1(C)C. The molecule has 2 rings (SSSR count). The summed E-state index contributed by atoms with van der Waals surface area (Å²) < 4.78 is 33.1. The molecular weight excluding hydrogens is 312 g/mol. The van der Waals surface area contributed by atoms with Crippen LogP contribution in [-0.4, -0.2) is 27.7 Å². The van der Waals surface area contributed by atoms with Crippen LogP contribution in [0.5, 0.6) is 0 Å². The van der Waals surface area contributed by atoms with Gasteiger partial charge in [0.05, 0.1) is 11.1 Å². The highest BCUT2D eigenvalue weighted by molar-refractivity contribution is 7.89. The fourth-order valence-corrected chi connectivity index (χ4v) is 4.63. The molecule has 0 saturated heterocycles. The maximum atomic E-state index is 12.5. The van der Waals surface area contributed by atoms with Crippen LogP contribution in [0, 0.1) is 12.3 Å². The Morgan fingerprint density at radius 3 is 2.57 bits per heavy atom. The zero-order valence-electron chi connectivity index (χ0n) is 12.6. The van der Waals surface area contributed by atoms with Crippen LogP contribution in [0.25, 0.3) is 0 Å². The normalized spacial score (nSPS) is 24.6. The van der Waals surface area contributed by atoms with Gasteiger partial charge in [-0.25, -0.2) is 13.1 Å². The topological polar surface area (TPSA) is 81.4 Å². The van der Waals surface area contributed by atoms with Crippen LogP contribution in [0.2, 0.25) is 5.02 Å². The van der Waals surface area contributed by atoms with Crippen LogP contribution in [0.4, 0.5) is 5.69 Å². The van der Waals surface area contributed by atoms with Gasteiger partial charge in [-0.15, -0.1) is 0 Å². The Balaban J connectivity index is 2.27. The maximum Gasteiger partial charge on any atom is 0.242 e. The number of ether oxygens (including phenoxy) is 1. The number of aryl methyl sites for hydroxylation is 1.